The molecule has 1 atom stereocenters. The van der Waals surface area contributed by atoms with Crippen molar-refractivity contribution in [3.8, 4) is 11.5 Å². The lowest BCUT2D eigenvalue weighted by molar-refractivity contribution is -0.142. The summed E-state index contributed by atoms with van der Waals surface area (Å²) in [5.74, 6) is 0.598. The molecule has 0 saturated carbocycles. The number of nitrogens with zero attached hydrogens (tertiary/aromatic N) is 1. The minimum absolute atomic E-state index is 0.120. The van der Waals surface area contributed by atoms with Crippen molar-refractivity contribution in [2.24, 2.45) is 0 Å². The Morgan fingerprint density at radius 1 is 0.971 bits per heavy atom. The number of amides is 2. The zero-order valence-corrected chi connectivity index (χ0v) is 21.2. The molecule has 0 saturated heterocycles. The molecule has 2 amide bonds. The summed E-state index contributed by atoms with van der Waals surface area (Å²) >= 11 is 12.5. The fourth-order valence-corrected chi connectivity index (χ4v) is 4.05. The molecule has 184 valence electrons. The number of halogens is 2. The zero-order valence-electron chi connectivity index (χ0n) is 19.7. The third kappa shape index (κ3) is 7.64. The molecule has 0 aliphatic rings. The fraction of sp³-hybridized carbons (Fsp3) is 0.259. The lowest BCUT2D eigenvalue weighted by Crippen LogP contribution is -2.51. The summed E-state index contributed by atoms with van der Waals surface area (Å²) in [4.78, 5) is 28.2. The van der Waals surface area contributed by atoms with Gasteiger partial charge >= 0.3 is 0 Å². The maximum Gasteiger partial charge on any atom is 0.261 e. The second-order valence-electron chi connectivity index (χ2n) is 7.82. The topological polar surface area (TPSA) is 67.9 Å². The number of nitrogens with one attached hydrogen (secondary N) is 1. The van der Waals surface area contributed by atoms with Crippen LogP contribution in [0.2, 0.25) is 10.0 Å². The van der Waals surface area contributed by atoms with Crippen LogP contribution in [0.15, 0.2) is 72.8 Å². The maximum atomic E-state index is 13.5. The molecule has 0 fully saturated rings. The van der Waals surface area contributed by atoms with Crippen molar-refractivity contribution in [3.05, 3.63) is 94.0 Å². The summed E-state index contributed by atoms with van der Waals surface area (Å²) in [6.07, 6.45) is 0.339. The van der Waals surface area contributed by atoms with Crippen molar-refractivity contribution in [3.63, 3.8) is 0 Å². The molecule has 0 radical (unpaired) electrons. The monoisotopic (exact) mass is 514 g/mol. The molecule has 0 aliphatic carbocycles. The maximum absolute atomic E-state index is 13.5. The van der Waals surface area contributed by atoms with Gasteiger partial charge in [0.1, 0.15) is 17.5 Å². The molecule has 0 heterocycles. The molecule has 3 aromatic carbocycles. The van der Waals surface area contributed by atoms with Crippen LogP contribution in [-0.2, 0) is 22.6 Å². The Kier molecular flexibility index (Phi) is 9.82. The highest BCUT2D eigenvalue weighted by atomic mass is 35.5. The van der Waals surface area contributed by atoms with Crippen molar-refractivity contribution in [1.82, 2.24) is 10.2 Å². The zero-order chi connectivity index (χ0) is 25.2. The summed E-state index contributed by atoms with van der Waals surface area (Å²) in [5.41, 5.74) is 1.61. The van der Waals surface area contributed by atoms with Crippen LogP contribution in [0.25, 0.3) is 0 Å². The Hall–Kier alpha value is -3.22. The van der Waals surface area contributed by atoms with Gasteiger partial charge in [-0.1, -0.05) is 59.6 Å². The lowest BCUT2D eigenvalue weighted by atomic mass is 10.0. The first-order valence-electron chi connectivity index (χ1n) is 11.2. The number of carbonyl (C=O) groups excluding carboxylic acids is 2. The van der Waals surface area contributed by atoms with Crippen LogP contribution in [0.4, 0.5) is 0 Å². The van der Waals surface area contributed by atoms with Gasteiger partial charge in [0.05, 0.1) is 7.11 Å². The standard InChI is InChI=1S/C27H28Cl2N2O4/c1-3-30-27(33)25(15-19-7-5-4-6-8-19)31(17-20-9-10-21(28)16-24(20)29)26(32)18-35-23-13-11-22(34-2)12-14-23/h4-14,16,25H,3,15,17-18H2,1-2H3,(H,30,33). The Labute approximate surface area is 215 Å². The molecule has 8 heteroatoms. The first kappa shape index (κ1) is 26.4. The van der Waals surface area contributed by atoms with Gasteiger partial charge in [-0.25, -0.2) is 0 Å². The van der Waals surface area contributed by atoms with E-state index in [2.05, 4.69) is 5.32 Å². The van der Waals surface area contributed by atoms with Gasteiger partial charge in [-0.15, -0.1) is 0 Å². The van der Waals surface area contributed by atoms with Gasteiger partial charge in [0.2, 0.25) is 5.91 Å². The summed E-state index contributed by atoms with van der Waals surface area (Å²) in [7, 11) is 1.58. The first-order valence-corrected chi connectivity index (χ1v) is 12.0. The molecule has 3 aromatic rings. The third-order valence-electron chi connectivity index (χ3n) is 5.40. The number of hydrogen-bond acceptors (Lipinski definition) is 4. The van der Waals surface area contributed by atoms with E-state index in [1.165, 1.54) is 4.90 Å². The van der Waals surface area contributed by atoms with Gasteiger partial charge in [0.25, 0.3) is 5.91 Å². The van der Waals surface area contributed by atoms with E-state index in [9.17, 15) is 9.59 Å². The average molecular weight is 515 g/mol. The van der Waals surface area contributed by atoms with E-state index < -0.39 is 6.04 Å². The van der Waals surface area contributed by atoms with Gasteiger partial charge in [0.15, 0.2) is 6.61 Å². The van der Waals surface area contributed by atoms with Crippen LogP contribution in [0, 0.1) is 0 Å². The highest BCUT2D eigenvalue weighted by molar-refractivity contribution is 6.35. The minimum atomic E-state index is -0.768. The number of likely N-dealkylation sites (N-methyl/N-ethyl adjacent to an activating group) is 1. The van der Waals surface area contributed by atoms with Crippen molar-refractivity contribution < 1.29 is 19.1 Å². The van der Waals surface area contributed by atoms with Crippen molar-refractivity contribution >= 4 is 35.0 Å². The van der Waals surface area contributed by atoms with E-state index in [1.54, 1.807) is 49.6 Å². The quantitative estimate of drug-likeness (QED) is 0.383. The number of carbonyl (C=O) groups is 2. The van der Waals surface area contributed by atoms with Gasteiger partial charge in [-0.3, -0.25) is 9.59 Å². The number of rotatable bonds is 11. The molecule has 1 N–H and O–H groups in total. The molecule has 35 heavy (non-hydrogen) atoms. The van der Waals surface area contributed by atoms with E-state index in [4.69, 9.17) is 32.7 Å². The molecule has 0 bridgehead atoms. The molecule has 0 aromatic heterocycles. The van der Waals surface area contributed by atoms with E-state index >= 15 is 0 Å². The Bertz CT molecular complexity index is 1120. The molecule has 1 unspecified atom stereocenters. The Morgan fingerprint density at radius 2 is 1.66 bits per heavy atom. The van der Waals surface area contributed by atoms with Crippen LogP contribution in [0.5, 0.6) is 11.5 Å². The van der Waals surface area contributed by atoms with Gasteiger partial charge in [0, 0.05) is 29.6 Å². The smallest absolute Gasteiger partial charge is 0.261 e. The minimum Gasteiger partial charge on any atom is -0.497 e. The second kappa shape index (κ2) is 13.0. The highest BCUT2D eigenvalue weighted by Gasteiger charge is 2.31. The predicted octanol–water partition coefficient (Wildman–Crippen LogP) is 5.16. The van der Waals surface area contributed by atoms with Crippen molar-refractivity contribution in [2.45, 2.75) is 25.9 Å². The van der Waals surface area contributed by atoms with Crippen LogP contribution < -0.4 is 14.8 Å². The van der Waals surface area contributed by atoms with Gasteiger partial charge in [-0.05, 0) is 54.4 Å². The van der Waals surface area contributed by atoms with Crippen LogP contribution in [-0.4, -0.2) is 43.0 Å². The van der Waals surface area contributed by atoms with Gasteiger partial charge < -0.3 is 19.7 Å². The number of methoxy groups -OCH3 is 1. The SMILES string of the molecule is CCNC(=O)C(Cc1ccccc1)N(Cc1ccc(Cl)cc1Cl)C(=O)COc1ccc(OC)cc1. The highest BCUT2D eigenvalue weighted by Crippen LogP contribution is 2.24. The van der Waals surface area contributed by atoms with E-state index in [-0.39, 0.29) is 25.0 Å². The summed E-state index contributed by atoms with van der Waals surface area (Å²) in [5, 5.41) is 3.76. The fourth-order valence-electron chi connectivity index (χ4n) is 3.58. The van der Waals surface area contributed by atoms with Crippen LogP contribution in [0.3, 0.4) is 0 Å². The average Bonchev–Trinajstić information content (AvgIpc) is 2.87. The third-order valence-corrected chi connectivity index (χ3v) is 5.99. The largest absolute Gasteiger partial charge is 0.497 e. The number of hydrogen-bond donors (Lipinski definition) is 1. The van der Waals surface area contributed by atoms with Crippen molar-refractivity contribution in [2.75, 3.05) is 20.3 Å². The molecular weight excluding hydrogens is 487 g/mol. The second-order valence-corrected chi connectivity index (χ2v) is 8.67. The Balaban J connectivity index is 1.89. The van der Waals surface area contributed by atoms with Crippen LogP contribution >= 0.6 is 23.2 Å². The van der Waals surface area contributed by atoms with E-state index in [0.29, 0.717) is 40.1 Å². The van der Waals surface area contributed by atoms with Crippen LogP contribution in [0.1, 0.15) is 18.1 Å². The molecule has 6 nitrogen and oxygen atoms in total. The lowest BCUT2D eigenvalue weighted by Gasteiger charge is -2.31. The summed E-state index contributed by atoms with van der Waals surface area (Å²) in [6.45, 7) is 2.15. The molecule has 3 rings (SSSR count). The first-order chi connectivity index (χ1) is 16.9. The Morgan fingerprint density at radius 3 is 2.29 bits per heavy atom. The molecule has 0 aliphatic heterocycles. The molecular formula is C27H28Cl2N2O4. The normalized spacial score (nSPS) is 11.4. The van der Waals surface area contributed by atoms with E-state index in [1.807, 2.05) is 37.3 Å². The molecule has 0 spiro atoms. The van der Waals surface area contributed by atoms with Crippen molar-refractivity contribution in [1.29, 1.82) is 0 Å². The summed E-state index contributed by atoms with van der Waals surface area (Å²) < 4.78 is 10.9. The van der Waals surface area contributed by atoms with E-state index in [0.717, 1.165) is 5.56 Å². The summed E-state index contributed by atoms with van der Waals surface area (Å²) in [6, 6.07) is 20.8. The predicted molar refractivity (Wildman–Crippen MR) is 138 cm³/mol. The number of ether oxygens (including phenoxy) is 2. The number of benzene rings is 3. The van der Waals surface area contributed by atoms with Gasteiger partial charge in [-0.2, -0.15) is 0 Å².